The van der Waals surface area contributed by atoms with Crippen LogP contribution in [-0.2, 0) is 0 Å². The molecule has 0 spiro atoms. The SMILES string of the molecule is Cc1ccc2c(c1)[Si](c1ccccc1)(c1ccccc1)c1cc(C)ccc1N2c1cc2c3c(c1)N(c1ccccc1)c1cccc4c1B3c1c(cccc1N4c1ccccc1)S2. The van der Waals surface area contributed by atoms with E-state index < -0.39 is 8.07 Å². The van der Waals surface area contributed by atoms with E-state index in [4.69, 9.17) is 0 Å². The number of hydrogen-bond donors (Lipinski definition) is 0. The largest absolute Gasteiger partial charge is 0.311 e. The van der Waals surface area contributed by atoms with E-state index in [1.54, 1.807) is 0 Å². The van der Waals surface area contributed by atoms with Gasteiger partial charge in [-0.3, -0.25) is 0 Å². The van der Waals surface area contributed by atoms with Gasteiger partial charge >= 0.3 is 0 Å². The van der Waals surface area contributed by atoms with Gasteiger partial charge in [-0.1, -0.05) is 156 Å². The standard InChI is InChI=1S/C56H40BN3SSi/c1-37-29-31-44-52(33-37)62(42-21-11-5-12-22-42,43-23-13-6-14-24-43)53-34-38(2)30-32-45(53)60(44)41-35-49-56-51(36-41)61-50-28-16-27-48-55(50)57(56)54-46(58(48)39-17-7-3-8-18-39)25-15-26-47(54)59(49)40-19-9-4-10-20-40/h3-36H,1-2H3. The van der Waals surface area contributed by atoms with Gasteiger partial charge in [-0.15, -0.1) is 0 Å². The molecule has 0 atom stereocenters. The number of nitrogens with zero attached hydrogens (tertiary/aromatic N) is 3. The van der Waals surface area contributed by atoms with E-state index in [1.165, 1.54) is 104 Å². The second kappa shape index (κ2) is 13.5. The summed E-state index contributed by atoms with van der Waals surface area (Å²) in [6, 6.07) is 77.9. The summed E-state index contributed by atoms with van der Waals surface area (Å²) in [5.74, 6) is 0. The van der Waals surface area contributed by atoms with Crippen molar-refractivity contribution in [3.05, 3.63) is 217 Å². The van der Waals surface area contributed by atoms with Crippen molar-refractivity contribution in [3.63, 3.8) is 0 Å². The average Bonchev–Trinajstić information content (AvgIpc) is 3.32. The maximum Gasteiger partial charge on any atom is 0.255 e. The number of aryl methyl sites for hydroxylation is 2. The van der Waals surface area contributed by atoms with Crippen LogP contribution in [0, 0.1) is 13.8 Å². The van der Waals surface area contributed by atoms with Crippen molar-refractivity contribution < 1.29 is 0 Å². The Kier molecular flexibility index (Phi) is 7.79. The van der Waals surface area contributed by atoms with Crippen molar-refractivity contribution in [2.24, 2.45) is 0 Å². The molecule has 4 aliphatic rings. The molecule has 0 fully saturated rings. The van der Waals surface area contributed by atoms with Crippen LogP contribution in [0.4, 0.5) is 51.2 Å². The molecule has 0 radical (unpaired) electrons. The second-order valence-corrected chi connectivity index (χ2v) is 21.8. The van der Waals surface area contributed by atoms with Crippen molar-refractivity contribution in [2.75, 3.05) is 14.7 Å². The molecule has 6 heteroatoms. The van der Waals surface area contributed by atoms with Crippen LogP contribution in [0.2, 0.25) is 0 Å². The summed E-state index contributed by atoms with van der Waals surface area (Å²) in [5, 5.41) is 5.64. The Hall–Kier alpha value is -6.99. The first-order valence-corrected chi connectivity index (χ1v) is 24.4. The molecule has 0 amide bonds. The second-order valence-electron chi connectivity index (χ2n) is 17.0. The fourth-order valence-corrected chi connectivity index (χ4v) is 17.7. The van der Waals surface area contributed by atoms with Gasteiger partial charge in [0.1, 0.15) is 0 Å². The zero-order chi connectivity index (χ0) is 41.1. The third kappa shape index (κ3) is 4.90. The number of benzene rings is 9. The first kappa shape index (κ1) is 35.7. The smallest absolute Gasteiger partial charge is 0.255 e. The van der Waals surface area contributed by atoms with E-state index in [0.29, 0.717) is 0 Å². The van der Waals surface area contributed by atoms with Gasteiger partial charge in [-0.05, 0) is 124 Å². The Morgan fingerprint density at radius 3 is 1.35 bits per heavy atom. The minimum Gasteiger partial charge on any atom is -0.311 e. The van der Waals surface area contributed by atoms with Gasteiger partial charge in [0.2, 0.25) is 0 Å². The highest BCUT2D eigenvalue weighted by Gasteiger charge is 2.51. The first-order valence-electron chi connectivity index (χ1n) is 21.5. The highest BCUT2D eigenvalue weighted by atomic mass is 32.2. The molecule has 3 nitrogen and oxygen atoms in total. The summed E-state index contributed by atoms with van der Waals surface area (Å²) in [5.41, 5.74) is 17.7. The van der Waals surface area contributed by atoms with Crippen molar-refractivity contribution in [3.8, 4) is 0 Å². The molecule has 0 saturated carbocycles. The molecule has 292 valence electrons. The number of anilines is 9. The van der Waals surface area contributed by atoms with Gasteiger partial charge in [0.05, 0.1) is 0 Å². The Bertz CT molecular complexity index is 3170. The third-order valence-electron chi connectivity index (χ3n) is 13.6. The number of fused-ring (bicyclic) bond motifs is 2. The Labute approximate surface area is 368 Å². The molecule has 9 aromatic rings. The molecule has 4 aliphatic heterocycles. The van der Waals surface area contributed by atoms with Crippen LogP contribution in [0.3, 0.4) is 0 Å². The predicted molar refractivity (Wildman–Crippen MR) is 266 cm³/mol. The van der Waals surface area contributed by atoms with Crippen molar-refractivity contribution in [1.82, 2.24) is 0 Å². The maximum absolute atomic E-state index is 2.82. The molecule has 13 rings (SSSR count). The van der Waals surface area contributed by atoms with Crippen LogP contribution in [0.15, 0.2) is 216 Å². The van der Waals surface area contributed by atoms with Crippen LogP contribution in [0.25, 0.3) is 0 Å². The number of hydrogen-bond acceptors (Lipinski definition) is 4. The molecule has 0 aliphatic carbocycles. The van der Waals surface area contributed by atoms with Crippen molar-refractivity contribution >= 4 is 115 Å². The lowest BCUT2D eigenvalue weighted by atomic mass is 9.33. The molecular formula is C56H40BN3SSi. The summed E-state index contributed by atoms with van der Waals surface area (Å²) in [7, 11) is -2.82. The van der Waals surface area contributed by atoms with Gasteiger partial charge in [-0.25, -0.2) is 0 Å². The van der Waals surface area contributed by atoms with E-state index in [-0.39, 0.29) is 6.71 Å². The lowest BCUT2D eigenvalue weighted by molar-refractivity contribution is 1.21. The van der Waals surface area contributed by atoms with E-state index >= 15 is 0 Å². The molecule has 0 bridgehead atoms. The summed E-state index contributed by atoms with van der Waals surface area (Å²) < 4.78 is 0. The lowest BCUT2D eigenvalue weighted by Crippen LogP contribution is -2.77. The van der Waals surface area contributed by atoms with Gasteiger partial charge in [0.15, 0.2) is 8.07 Å². The molecule has 0 unspecified atom stereocenters. The quantitative estimate of drug-likeness (QED) is 0.160. The van der Waals surface area contributed by atoms with Crippen LogP contribution in [0.1, 0.15) is 11.1 Å². The fourth-order valence-electron chi connectivity index (χ4n) is 11.1. The first-order chi connectivity index (χ1) is 30.6. The van der Waals surface area contributed by atoms with E-state index in [1.807, 2.05) is 11.8 Å². The van der Waals surface area contributed by atoms with E-state index in [2.05, 4.69) is 235 Å². The van der Waals surface area contributed by atoms with E-state index in [9.17, 15) is 0 Å². The van der Waals surface area contributed by atoms with Crippen LogP contribution in [0.5, 0.6) is 0 Å². The normalized spacial score (nSPS) is 14.5. The van der Waals surface area contributed by atoms with Gasteiger partial charge in [0, 0.05) is 61.0 Å². The van der Waals surface area contributed by atoms with Gasteiger partial charge in [-0.2, -0.15) is 0 Å². The Morgan fingerprint density at radius 2 is 0.806 bits per heavy atom. The Morgan fingerprint density at radius 1 is 0.355 bits per heavy atom. The Balaban J connectivity index is 1.11. The molecule has 0 N–H and O–H groups in total. The molecule has 62 heavy (non-hydrogen) atoms. The minimum atomic E-state index is -2.82. The lowest BCUT2D eigenvalue weighted by Gasteiger charge is -2.48. The van der Waals surface area contributed by atoms with Crippen molar-refractivity contribution in [2.45, 2.75) is 23.6 Å². The third-order valence-corrected chi connectivity index (χ3v) is 19.5. The number of rotatable bonds is 5. The highest BCUT2D eigenvalue weighted by molar-refractivity contribution is 8.00. The summed E-state index contributed by atoms with van der Waals surface area (Å²) >= 11 is 1.93. The van der Waals surface area contributed by atoms with Crippen molar-refractivity contribution in [1.29, 1.82) is 0 Å². The monoisotopic (exact) mass is 825 g/mol. The van der Waals surface area contributed by atoms with Crippen LogP contribution in [-0.4, -0.2) is 14.8 Å². The zero-order valence-electron chi connectivity index (χ0n) is 34.5. The van der Waals surface area contributed by atoms with E-state index in [0.717, 1.165) is 5.69 Å². The summed E-state index contributed by atoms with van der Waals surface area (Å²) in [4.78, 5) is 10.3. The van der Waals surface area contributed by atoms with Crippen LogP contribution >= 0.6 is 11.8 Å². The fraction of sp³-hybridized carbons (Fsp3) is 0.0357. The topological polar surface area (TPSA) is 9.72 Å². The molecular weight excluding hydrogens is 786 g/mol. The average molecular weight is 826 g/mol. The zero-order valence-corrected chi connectivity index (χ0v) is 36.3. The van der Waals surface area contributed by atoms with Gasteiger partial charge < -0.3 is 14.7 Å². The maximum atomic E-state index is 2.59. The number of para-hydroxylation sites is 2. The molecule has 4 heterocycles. The highest BCUT2D eigenvalue weighted by Crippen LogP contribution is 2.51. The van der Waals surface area contributed by atoms with Crippen LogP contribution < -0.4 is 51.8 Å². The molecule has 0 aromatic heterocycles. The summed E-state index contributed by atoms with van der Waals surface area (Å²) in [6.45, 7) is 4.60. The molecule has 9 aromatic carbocycles. The molecule has 0 saturated heterocycles. The summed E-state index contributed by atoms with van der Waals surface area (Å²) in [6.07, 6.45) is 0. The predicted octanol–water partition coefficient (Wildman–Crippen LogP) is 10.0. The van der Waals surface area contributed by atoms with Gasteiger partial charge in [0.25, 0.3) is 6.71 Å². The minimum absolute atomic E-state index is 0.0927.